The molecular formula is C13H16BrN3O2S. The third-order valence-electron chi connectivity index (χ3n) is 2.78. The molecule has 108 valence electrons. The number of benzene rings is 1. The lowest BCUT2D eigenvalue weighted by molar-refractivity contribution is 0.582. The number of halogens is 1. The maximum atomic E-state index is 10.9. The van der Waals surface area contributed by atoms with Gasteiger partial charge in [-0.15, -0.1) is 0 Å². The van der Waals surface area contributed by atoms with Crippen LogP contribution in [0.4, 0.5) is 0 Å². The first-order chi connectivity index (χ1) is 9.47. The van der Waals surface area contributed by atoms with E-state index in [1.54, 1.807) is 6.20 Å². The Morgan fingerprint density at radius 2 is 2.05 bits per heavy atom. The van der Waals surface area contributed by atoms with Crippen molar-refractivity contribution >= 4 is 36.9 Å². The van der Waals surface area contributed by atoms with Gasteiger partial charge in [0.05, 0.1) is 11.8 Å². The average Bonchev–Trinajstić information content (AvgIpc) is 2.40. The molecule has 2 aromatic rings. The summed E-state index contributed by atoms with van der Waals surface area (Å²) in [5, 5.41) is 4.27. The van der Waals surface area contributed by atoms with Gasteiger partial charge in [-0.05, 0) is 17.7 Å². The second kappa shape index (κ2) is 6.62. The normalized spacial score (nSPS) is 11.9. The van der Waals surface area contributed by atoms with E-state index in [1.165, 1.54) is 0 Å². The molecule has 7 heteroatoms. The second-order valence-electron chi connectivity index (χ2n) is 4.45. The van der Waals surface area contributed by atoms with Crippen molar-refractivity contribution in [2.75, 3.05) is 19.3 Å². The fraction of sp³-hybridized carbons (Fsp3) is 0.308. The van der Waals surface area contributed by atoms with E-state index in [2.05, 4.69) is 31.0 Å². The summed E-state index contributed by atoms with van der Waals surface area (Å²) >= 11 is 3.51. The monoisotopic (exact) mass is 357 g/mol. The highest BCUT2D eigenvalue weighted by Gasteiger charge is 2.05. The van der Waals surface area contributed by atoms with Gasteiger partial charge in [-0.2, -0.15) is 0 Å². The Balaban J connectivity index is 1.99. The number of rotatable bonds is 6. The Bertz CT molecular complexity index is 704. The van der Waals surface area contributed by atoms with Gasteiger partial charge in [0, 0.05) is 35.7 Å². The molecule has 1 aromatic carbocycles. The molecule has 20 heavy (non-hydrogen) atoms. The summed E-state index contributed by atoms with van der Waals surface area (Å²) < 4.78 is 25.3. The molecule has 2 rings (SSSR count). The van der Waals surface area contributed by atoms with Crippen molar-refractivity contribution in [1.82, 2.24) is 15.0 Å². The maximum Gasteiger partial charge on any atom is 0.208 e. The Morgan fingerprint density at radius 3 is 2.80 bits per heavy atom. The summed E-state index contributed by atoms with van der Waals surface area (Å²) in [7, 11) is -3.12. The van der Waals surface area contributed by atoms with Crippen LogP contribution < -0.4 is 10.0 Å². The predicted octanol–water partition coefficient (Wildman–Crippen LogP) is 1.64. The average molecular weight is 358 g/mol. The third-order valence-corrected chi connectivity index (χ3v) is 4.20. The molecule has 0 spiro atoms. The standard InChI is InChI=1S/C13H16BrN3O2S/c1-20(18,19)17-8-7-15-9-10-4-5-12(14)11-3-2-6-16-13(10)11/h2-6,15,17H,7-9H2,1H3. The highest BCUT2D eigenvalue weighted by molar-refractivity contribution is 9.10. The zero-order chi connectivity index (χ0) is 14.6. The molecule has 0 saturated carbocycles. The zero-order valence-corrected chi connectivity index (χ0v) is 13.5. The van der Waals surface area contributed by atoms with E-state index in [0.717, 1.165) is 27.2 Å². The lowest BCUT2D eigenvalue weighted by Crippen LogP contribution is -2.30. The molecule has 2 N–H and O–H groups in total. The molecule has 5 nitrogen and oxygen atoms in total. The van der Waals surface area contributed by atoms with Crippen molar-refractivity contribution in [2.24, 2.45) is 0 Å². The minimum absolute atomic E-state index is 0.376. The molecule has 0 fully saturated rings. The van der Waals surface area contributed by atoms with Gasteiger partial charge < -0.3 is 5.32 Å². The van der Waals surface area contributed by atoms with Crippen LogP contribution in [0, 0.1) is 0 Å². The molecule has 0 aliphatic carbocycles. The van der Waals surface area contributed by atoms with Gasteiger partial charge in [0.1, 0.15) is 0 Å². The quantitative estimate of drug-likeness (QED) is 0.771. The highest BCUT2D eigenvalue weighted by Crippen LogP contribution is 2.24. The predicted molar refractivity (Wildman–Crippen MR) is 84.0 cm³/mol. The smallest absolute Gasteiger partial charge is 0.208 e. The molecule has 0 saturated heterocycles. The zero-order valence-electron chi connectivity index (χ0n) is 11.1. The Morgan fingerprint density at radius 1 is 1.25 bits per heavy atom. The number of hydrogen-bond donors (Lipinski definition) is 2. The lowest BCUT2D eigenvalue weighted by atomic mass is 10.1. The minimum atomic E-state index is -3.12. The van der Waals surface area contributed by atoms with E-state index in [-0.39, 0.29) is 0 Å². The van der Waals surface area contributed by atoms with Crippen LogP contribution in [0.3, 0.4) is 0 Å². The SMILES string of the molecule is CS(=O)(=O)NCCNCc1ccc(Br)c2cccnc12. The van der Waals surface area contributed by atoms with Crippen molar-refractivity contribution in [1.29, 1.82) is 0 Å². The van der Waals surface area contributed by atoms with Gasteiger partial charge in [-0.3, -0.25) is 4.98 Å². The highest BCUT2D eigenvalue weighted by atomic mass is 79.9. The van der Waals surface area contributed by atoms with Crippen LogP contribution in [0.2, 0.25) is 0 Å². The largest absolute Gasteiger partial charge is 0.311 e. The van der Waals surface area contributed by atoms with Crippen LogP contribution in [0.15, 0.2) is 34.9 Å². The van der Waals surface area contributed by atoms with Crippen LogP contribution in [-0.2, 0) is 16.6 Å². The summed E-state index contributed by atoms with van der Waals surface area (Å²) in [6.07, 6.45) is 2.92. The summed E-state index contributed by atoms with van der Waals surface area (Å²) in [5.41, 5.74) is 2.04. The van der Waals surface area contributed by atoms with E-state index in [4.69, 9.17) is 0 Å². The molecule has 1 heterocycles. The van der Waals surface area contributed by atoms with E-state index in [0.29, 0.717) is 19.6 Å². The Kier molecular flexibility index (Phi) is 5.09. The second-order valence-corrected chi connectivity index (χ2v) is 7.14. The van der Waals surface area contributed by atoms with Gasteiger partial charge in [-0.1, -0.05) is 28.1 Å². The molecule has 0 radical (unpaired) electrons. The van der Waals surface area contributed by atoms with Gasteiger partial charge >= 0.3 is 0 Å². The summed E-state index contributed by atoms with van der Waals surface area (Å²) in [6, 6.07) is 7.92. The molecule has 0 aliphatic rings. The first-order valence-corrected chi connectivity index (χ1v) is 8.83. The molecule has 0 bridgehead atoms. The van der Waals surface area contributed by atoms with Crippen LogP contribution in [0.25, 0.3) is 10.9 Å². The Labute approximate surface area is 127 Å². The van der Waals surface area contributed by atoms with E-state index >= 15 is 0 Å². The summed E-state index contributed by atoms with van der Waals surface area (Å²) in [5.74, 6) is 0. The van der Waals surface area contributed by atoms with Gasteiger partial charge in [0.15, 0.2) is 0 Å². The number of sulfonamides is 1. The van der Waals surface area contributed by atoms with E-state index in [1.807, 2.05) is 24.3 Å². The van der Waals surface area contributed by atoms with Crippen LogP contribution >= 0.6 is 15.9 Å². The number of fused-ring (bicyclic) bond motifs is 1. The molecule has 0 amide bonds. The number of hydrogen-bond acceptors (Lipinski definition) is 4. The van der Waals surface area contributed by atoms with Crippen molar-refractivity contribution < 1.29 is 8.42 Å². The number of nitrogens with zero attached hydrogens (tertiary/aromatic N) is 1. The van der Waals surface area contributed by atoms with Crippen LogP contribution in [-0.4, -0.2) is 32.7 Å². The van der Waals surface area contributed by atoms with Crippen LogP contribution in [0.5, 0.6) is 0 Å². The Hall–Kier alpha value is -1.02. The minimum Gasteiger partial charge on any atom is -0.311 e. The fourth-order valence-electron chi connectivity index (χ4n) is 1.89. The maximum absolute atomic E-state index is 10.9. The summed E-state index contributed by atoms with van der Waals surface area (Å²) in [6.45, 7) is 1.59. The molecule has 0 aliphatic heterocycles. The number of pyridine rings is 1. The van der Waals surface area contributed by atoms with E-state index in [9.17, 15) is 8.42 Å². The van der Waals surface area contributed by atoms with Gasteiger partial charge in [0.2, 0.25) is 10.0 Å². The first-order valence-electron chi connectivity index (χ1n) is 6.15. The van der Waals surface area contributed by atoms with Crippen molar-refractivity contribution in [2.45, 2.75) is 6.54 Å². The number of nitrogens with one attached hydrogen (secondary N) is 2. The fourth-order valence-corrected chi connectivity index (χ4v) is 2.81. The van der Waals surface area contributed by atoms with E-state index < -0.39 is 10.0 Å². The molecule has 0 unspecified atom stereocenters. The lowest BCUT2D eigenvalue weighted by Gasteiger charge is -2.09. The number of aromatic nitrogens is 1. The van der Waals surface area contributed by atoms with Crippen molar-refractivity contribution in [3.8, 4) is 0 Å². The molecule has 0 atom stereocenters. The van der Waals surface area contributed by atoms with Gasteiger partial charge in [-0.25, -0.2) is 13.1 Å². The molecular weight excluding hydrogens is 342 g/mol. The third kappa shape index (κ3) is 4.24. The van der Waals surface area contributed by atoms with Crippen molar-refractivity contribution in [3.05, 3.63) is 40.5 Å². The summed E-state index contributed by atoms with van der Waals surface area (Å²) in [4.78, 5) is 4.40. The van der Waals surface area contributed by atoms with Crippen LogP contribution in [0.1, 0.15) is 5.56 Å². The van der Waals surface area contributed by atoms with Gasteiger partial charge in [0.25, 0.3) is 0 Å². The molecule has 1 aromatic heterocycles. The topological polar surface area (TPSA) is 71.1 Å². The van der Waals surface area contributed by atoms with Crippen molar-refractivity contribution in [3.63, 3.8) is 0 Å². The first kappa shape index (κ1) is 15.4.